The fourth-order valence-corrected chi connectivity index (χ4v) is 1.68. The lowest BCUT2D eigenvalue weighted by molar-refractivity contribution is 0.782. The fourth-order valence-electron chi connectivity index (χ4n) is 0.793. The van der Waals surface area contributed by atoms with E-state index in [2.05, 4.69) is 15.5 Å². The summed E-state index contributed by atoms with van der Waals surface area (Å²) in [4.78, 5) is 11.0. The Bertz CT molecular complexity index is 444. The summed E-state index contributed by atoms with van der Waals surface area (Å²) in [5.74, 6) is 0. The highest BCUT2D eigenvalue weighted by Gasteiger charge is 2.07. The fraction of sp³-hybridized carbons (Fsp3) is 0. The van der Waals surface area contributed by atoms with E-state index in [9.17, 15) is 4.79 Å². The van der Waals surface area contributed by atoms with Gasteiger partial charge in [0.1, 0.15) is 10.0 Å². The van der Waals surface area contributed by atoms with E-state index in [-0.39, 0.29) is 0 Å². The number of tetrazole rings is 1. The monoisotopic (exact) mass is 202 g/mol. The lowest BCUT2D eigenvalue weighted by Crippen LogP contribution is -2.15. The zero-order valence-corrected chi connectivity index (χ0v) is 7.26. The summed E-state index contributed by atoms with van der Waals surface area (Å²) in [5.41, 5.74) is 0.163. The summed E-state index contributed by atoms with van der Waals surface area (Å²) in [6, 6.07) is 1.71. The number of aromatic nitrogens is 4. The Morgan fingerprint density at radius 3 is 3.00 bits per heavy atom. The molecule has 2 aromatic rings. The Hall–Kier alpha value is -1.14. The molecular formula is C5H3ClN4OS. The lowest BCUT2D eigenvalue weighted by atomic mass is 10.5. The number of nitrogens with one attached hydrogen (secondary N) is 1. The van der Waals surface area contributed by atoms with Crippen LogP contribution in [0.2, 0.25) is 4.34 Å². The third kappa shape index (κ3) is 1.05. The summed E-state index contributed by atoms with van der Waals surface area (Å²) in [6.07, 6.45) is 0. The van der Waals surface area contributed by atoms with Gasteiger partial charge in [-0.05, 0) is 21.9 Å². The van der Waals surface area contributed by atoms with Gasteiger partial charge in [0.2, 0.25) is 0 Å². The number of rotatable bonds is 1. The number of thiophene rings is 1. The van der Waals surface area contributed by atoms with Gasteiger partial charge in [0.25, 0.3) is 0 Å². The first kappa shape index (κ1) is 7.51. The van der Waals surface area contributed by atoms with Gasteiger partial charge in [0.05, 0.1) is 0 Å². The quantitative estimate of drug-likeness (QED) is 0.740. The Morgan fingerprint density at radius 2 is 2.50 bits per heavy atom. The summed E-state index contributed by atoms with van der Waals surface area (Å²) in [7, 11) is 0. The van der Waals surface area contributed by atoms with E-state index in [0.29, 0.717) is 10.0 Å². The molecule has 62 valence electrons. The second kappa shape index (κ2) is 2.72. The van der Waals surface area contributed by atoms with E-state index in [1.54, 1.807) is 11.4 Å². The molecule has 0 fully saturated rings. The molecule has 2 heterocycles. The van der Waals surface area contributed by atoms with Gasteiger partial charge in [-0.3, -0.25) is 0 Å². The van der Waals surface area contributed by atoms with Crippen molar-refractivity contribution < 1.29 is 0 Å². The molecule has 0 unspecified atom stereocenters. The molecule has 0 atom stereocenters. The van der Waals surface area contributed by atoms with Crippen LogP contribution in [-0.2, 0) is 0 Å². The van der Waals surface area contributed by atoms with Crippen molar-refractivity contribution in [2.24, 2.45) is 0 Å². The molecule has 0 spiro atoms. The predicted octanol–water partition coefficient (Wildman–Crippen LogP) is 0.670. The summed E-state index contributed by atoms with van der Waals surface area (Å²) < 4.78 is 1.63. The van der Waals surface area contributed by atoms with E-state index >= 15 is 0 Å². The van der Waals surface area contributed by atoms with Crippen molar-refractivity contribution in [3.05, 3.63) is 26.3 Å². The van der Waals surface area contributed by atoms with Gasteiger partial charge in [-0.25, -0.2) is 9.89 Å². The summed E-state index contributed by atoms with van der Waals surface area (Å²) in [5, 5.41) is 10.8. The van der Waals surface area contributed by atoms with Gasteiger partial charge in [-0.1, -0.05) is 11.6 Å². The largest absolute Gasteiger partial charge is 0.365 e. The number of aromatic amines is 1. The first-order valence-corrected chi connectivity index (χ1v) is 4.28. The molecule has 0 aliphatic carbocycles. The Morgan fingerprint density at radius 1 is 1.67 bits per heavy atom. The summed E-state index contributed by atoms with van der Waals surface area (Å²) in [6.45, 7) is 0. The molecular weight excluding hydrogens is 200 g/mol. The first-order valence-electron chi connectivity index (χ1n) is 3.03. The van der Waals surface area contributed by atoms with E-state index in [0.717, 1.165) is 4.68 Å². The highest BCUT2D eigenvalue weighted by molar-refractivity contribution is 7.14. The van der Waals surface area contributed by atoms with E-state index in [4.69, 9.17) is 11.6 Å². The molecule has 0 bridgehead atoms. The molecule has 1 N–H and O–H groups in total. The van der Waals surface area contributed by atoms with Crippen LogP contribution >= 0.6 is 22.9 Å². The predicted molar refractivity (Wildman–Crippen MR) is 44.9 cm³/mol. The van der Waals surface area contributed by atoms with E-state index in [1.807, 2.05) is 0 Å². The molecule has 2 rings (SSSR count). The number of H-pyrrole nitrogens is 1. The van der Waals surface area contributed by atoms with Crippen LogP contribution in [0.15, 0.2) is 16.2 Å². The van der Waals surface area contributed by atoms with Gasteiger partial charge < -0.3 is 0 Å². The molecule has 7 heteroatoms. The van der Waals surface area contributed by atoms with Crippen LogP contribution < -0.4 is 5.69 Å². The van der Waals surface area contributed by atoms with Crippen molar-refractivity contribution in [2.75, 3.05) is 0 Å². The van der Waals surface area contributed by atoms with Crippen LogP contribution in [0.1, 0.15) is 0 Å². The highest BCUT2D eigenvalue weighted by Crippen LogP contribution is 2.24. The Kier molecular flexibility index (Phi) is 1.70. The standard InChI is InChI=1S/C5H3ClN4OS/c6-4-3(1-2-12-4)10-5(11)7-8-9-10/h1-2H,(H,7,9,11). The van der Waals surface area contributed by atoms with E-state index in [1.165, 1.54) is 11.3 Å². The zero-order valence-electron chi connectivity index (χ0n) is 5.69. The minimum absolute atomic E-state index is 0.393. The smallest absolute Gasteiger partial charge is 0.244 e. The average Bonchev–Trinajstić information content (AvgIpc) is 2.59. The average molecular weight is 203 g/mol. The number of hydrogen-bond acceptors (Lipinski definition) is 4. The maximum Gasteiger partial charge on any atom is 0.365 e. The van der Waals surface area contributed by atoms with Gasteiger partial charge in [0.15, 0.2) is 0 Å². The van der Waals surface area contributed by atoms with Gasteiger partial charge in [-0.15, -0.1) is 11.3 Å². The molecule has 0 radical (unpaired) electrons. The molecule has 0 aliphatic heterocycles. The maximum absolute atomic E-state index is 11.0. The number of halogens is 1. The molecule has 0 saturated heterocycles. The lowest BCUT2D eigenvalue weighted by Gasteiger charge is -1.91. The van der Waals surface area contributed by atoms with Crippen molar-refractivity contribution >= 4 is 22.9 Å². The molecule has 0 saturated carbocycles. The molecule has 5 nitrogen and oxygen atoms in total. The van der Waals surface area contributed by atoms with Crippen molar-refractivity contribution in [1.29, 1.82) is 0 Å². The van der Waals surface area contributed by atoms with Crippen LogP contribution in [0.4, 0.5) is 0 Å². The zero-order chi connectivity index (χ0) is 8.55. The first-order chi connectivity index (χ1) is 5.79. The molecule has 0 amide bonds. The van der Waals surface area contributed by atoms with E-state index < -0.39 is 5.69 Å². The number of nitrogens with zero attached hydrogens (tertiary/aromatic N) is 3. The van der Waals surface area contributed by atoms with Crippen LogP contribution in [0.5, 0.6) is 0 Å². The van der Waals surface area contributed by atoms with Crippen LogP contribution in [-0.4, -0.2) is 20.2 Å². The van der Waals surface area contributed by atoms with Crippen LogP contribution in [0.25, 0.3) is 5.69 Å². The third-order valence-electron chi connectivity index (χ3n) is 1.30. The maximum atomic E-state index is 11.0. The minimum Gasteiger partial charge on any atom is -0.244 e. The highest BCUT2D eigenvalue weighted by atomic mass is 35.5. The number of hydrogen-bond donors (Lipinski definition) is 1. The van der Waals surface area contributed by atoms with Crippen molar-refractivity contribution in [2.45, 2.75) is 0 Å². The van der Waals surface area contributed by atoms with Gasteiger partial charge >= 0.3 is 5.69 Å². The van der Waals surface area contributed by atoms with Crippen molar-refractivity contribution in [1.82, 2.24) is 20.2 Å². The SMILES string of the molecule is O=c1[nH]nnn1-c1ccsc1Cl. The van der Waals surface area contributed by atoms with Gasteiger partial charge in [0, 0.05) is 0 Å². The van der Waals surface area contributed by atoms with Crippen LogP contribution in [0, 0.1) is 0 Å². The Balaban J connectivity index is 2.65. The molecule has 2 aromatic heterocycles. The third-order valence-corrected chi connectivity index (χ3v) is 2.45. The molecule has 12 heavy (non-hydrogen) atoms. The molecule has 0 aliphatic rings. The van der Waals surface area contributed by atoms with Crippen molar-refractivity contribution in [3.8, 4) is 5.69 Å². The minimum atomic E-state index is -0.393. The van der Waals surface area contributed by atoms with Crippen LogP contribution in [0.3, 0.4) is 0 Å². The van der Waals surface area contributed by atoms with Gasteiger partial charge in [-0.2, -0.15) is 4.68 Å². The topological polar surface area (TPSA) is 63.6 Å². The Labute approximate surface area is 75.6 Å². The normalized spacial score (nSPS) is 10.4. The second-order valence-corrected chi connectivity index (χ2v) is 3.52. The van der Waals surface area contributed by atoms with Crippen molar-refractivity contribution in [3.63, 3.8) is 0 Å². The molecule has 0 aromatic carbocycles. The summed E-state index contributed by atoms with van der Waals surface area (Å²) >= 11 is 7.12. The second-order valence-electron chi connectivity index (χ2n) is 2.00.